The van der Waals surface area contributed by atoms with Crippen molar-refractivity contribution in [2.45, 2.75) is 0 Å². The first-order chi connectivity index (χ1) is 15.1. The van der Waals surface area contributed by atoms with Crippen molar-refractivity contribution in [2.75, 3.05) is 25.5 Å². The molecule has 8 nitrogen and oxygen atoms in total. The molecule has 1 N–H and O–H groups in total. The summed E-state index contributed by atoms with van der Waals surface area (Å²) in [6.45, 7) is 1.72. The Morgan fingerprint density at radius 2 is 1.81 bits per heavy atom. The SMILES string of the molecule is CN1CCN=C1c1ccc(NC(=O)c2nnnn2-c2ccc3cc(Cl)ccc3c2)cc1. The van der Waals surface area contributed by atoms with Gasteiger partial charge in [0.25, 0.3) is 5.91 Å². The zero-order chi connectivity index (χ0) is 21.4. The molecule has 1 aromatic heterocycles. The Bertz CT molecular complexity index is 1310. The first-order valence-corrected chi connectivity index (χ1v) is 10.1. The van der Waals surface area contributed by atoms with Gasteiger partial charge in [0.1, 0.15) is 5.84 Å². The van der Waals surface area contributed by atoms with E-state index in [1.807, 2.05) is 67.7 Å². The highest BCUT2D eigenvalue weighted by Gasteiger charge is 2.18. The molecule has 3 aromatic carbocycles. The molecule has 1 aliphatic heterocycles. The Kier molecular flexibility index (Phi) is 4.83. The first-order valence-electron chi connectivity index (χ1n) is 9.74. The number of nitrogens with zero attached hydrogens (tertiary/aromatic N) is 6. The summed E-state index contributed by atoms with van der Waals surface area (Å²) in [6, 6.07) is 18.9. The van der Waals surface area contributed by atoms with E-state index >= 15 is 0 Å². The fraction of sp³-hybridized carbons (Fsp3) is 0.136. The van der Waals surface area contributed by atoms with Crippen molar-refractivity contribution in [3.8, 4) is 5.69 Å². The quantitative estimate of drug-likeness (QED) is 0.535. The third kappa shape index (κ3) is 3.73. The second kappa shape index (κ2) is 7.81. The minimum Gasteiger partial charge on any atom is -0.358 e. The maximum absolute atomic E-state index is 12.8. The zero-order valence-electron chi connectivity index (χ0n) is 16.7. The number of fused-ring (bicyclic) bond motifs is 1. The van der Waals surface area contributed by atoms with Crippen LogP contribution in [0.2, 0.25) is 5.02 Å². The number of aromatic nitrogens is 4. The highest BCUT2D eigenvalue weighted by molar-refractivity contribution is 6.31. The Hall–Kier alpha value is -3.78. The standard InChI is InChI=1S/C22H18ClN7O/c1-29-11-10-24-20(29)14-3-7-18(8-4-14)25-22(31)21-26-27-28-30(21)19-9-5-15-12-17(23)6-2-16(15)13-19/h2-9,12-13H,10-11H2,1H3,(H,25,31). The Morgan fingerprint density at radius 1 is 1.03 bits per heavy atom. The number of amidine groups is 1. The molecule has 4 aromatic rings. The largest absolute Gasteiger partial charge is 0.358 e. The van der Waals surface area contributed by atoms with E-state index in [0.29, 0.717) is 16.4 Å². The third-order valence-electron chi connectivity index (χ3n) is 5.16. The number of nitrogens with one attached hydrogen (secondary N) is 1. The molecule has 0 radical (unpaired) electrons. The molecule has 1 amide bonds. The minimum atomic E-state index is -0.399. The molecule has 0 spiro atoms. The monoisotopic (exact) mass is 431 g/mol. The van der Waals surface area contributed by atoms with Crippen molar-refractivity contribution in [1.29, 1.82) is 0 Å². The lowest BCUT2D eigenvalue weighted by Gasteiger charge is -2.14. The average molecular weight is 432 g/mol. The predicted octanol–water partition coefficient (Wildman–Crippen LogP) is 3.41. The number of anilines is 1. The lowest BCUT2D eigenvalue weighted by Crippen LogP contribution is -2.23. The van der Waals surface area contributed by atoms with Crippen LogP contribution in [0.1, 0.15) is 16.2 Å². The van der Waals surface area contributed by atoms with E-state index in [4.69, 9.17) is 11.6 Å². The number of halogens is 1. The van der Waals surface area contributed by atoms with E-state index < -0.39 is 5.91 Å². The number of hydrogen-bond acceptors (Lipinski definition) is 6. The van der Waals surface area contributed by atoms with Gasteiger partial charge in [-0.2, -0.15) is 4.68 Å². The normalized spacial score (nSPS) is 13.5. The number of aliphatic imine (C=N–C) groups is 1. The third-order valence-corrected chi connectivity index (χ3v) is 5.40. The Balaban J connectivity index is 1.38. The van der Waals surface area contributed by atoms with Crippen LogP contribution in [-0.2, 0) is 0 Å². The van der Waals surface area contributed by atoms with E-state index in [0.717, 1.165) is 35.3 Å². The van der Waals surface area contributed by atoms with Gasteiger partial charge in [-0.3, -0.25) is 9.79 Å². The van der Waals surface area contributed by atoms with Gasteiger partial charge in [-0.05, 0) is 69.7 Å². The zero-order valence-corrected chi connectivity index (χ0v) is 17.4. The van der Waals surface area contributed by atoms with Crippen molar-refractivity contribution >= 4 is 39.8 Å². The van der Waals surface area contributed by atoms with Crippen LogP contribution in [0, 0.1) is 0 Å². The molecule has 0 aliphatic carbocycles. The average Bonchev–Trinajstić information content (AvgIpc) is 3.43. The Morgan fingerprint density at radius 3 is 2.58 bits per heavy atom. The molecule has 0 atom stereocenters. The van der Waals surface area contributed by atoms with Gasteiger partial charge in [0.2, 0.25) is 5.82 Å². The molecule has 0 fully saturated rings. The number of carbonyl (C=O) groups is 1. The van der Waals surface area contributed by atoms with Gasteiger partial charge in [-0.25, -0.2) is 0 Å². The molecule has 2 heterocycles. The molecule has 1 aliphatic rings. The lowest BCUT2D eigenvalue weighted by molar-refractivity contribution is 0.101. The second-order valence-electron chi connectivity index (χ2n) is 7.25. The molecule has 0 saturated carbocycles. The molecule has 0 unspecified atom stereocenters. The topological polar surface area (TPSA) is 88.3 Å². The summed E-state index contributed by atoms with van der Waals surface area (Å²) in [5.41, 5.74) is 2.35. The van der Waals surface area contributed by atoms with Crippen LogP contribution >= 0.6 is 11.6 Å². The van der Waals surface area contributed by atoms with E-state index in [1.165, 1.54) is 4.68 Å². The minimum absolute atomic E-state index is 0.0947. The van der Waals surface area contributed by atoms with Gasteiger partial charge in [-0.15, -0.1) is 5.10 Å². The van der Waals surface area contributed by atoms with Crippen LogP contribution in [0.15, 0.2) is 65.7 Å². The highest BCUT2D eigenvalue weighted by atomic mass is 35.5. The van der Waals surface area contributed by atoms with Crippen molar-refractivity contribution in [3.63, 3.8) is 0 Å². The summed E-state index contributed by atoms with van der Waals surface area (Å²) >= 11 is 6.06. The first kappa shape index (κ1) is 19.2. The second-order valence-corrected chi connectivity index (χ2v) is 7.68. The van der Waals surface area contributed by atoms with Crippen molar-refractivity contribution in [2.24, 2.45) is 4.99 Å². The molecular formula is C22H18ClN7O. The van der Waals surface area contributed by atoms with E-state index in [-0.39, 0.29) is 5.82 Å². The summed E-state index contributed by atoms with van der Waals surface area (Å²) in [7, 11) is 2.02. The van der Waals surface area contributed by atoms with Gasteiger partial charge in [0, 0.05) is 29.9 Å². The fourth-order valence-corrected chi connectivity index (χ4v) is 3.75. The van der Waals surface area contributed by atoms with Gasteiger partial charge in [0.15, 0.2) is 0 Å². The Labute approximate surface area is 183 Å². The van der Waals surface area contributed by atoms with Crippen molar-refractivity contribution < 1.29 is 4.79 Å². The summed E-state index contributed by atoms with van der Waals surface area (Å²) in [5, 5.41) is 17.1. The van der Waals surface area contributed by atoms with Gasteiger partial charge >= 0.3 is 0 Å². The molecule has 0 saturated heterocycles. The van der Waals surface area contributed by atoms with E-state index in [1.54, 1.807) is 0 Å². The van der Waals surface area contributed by atoms with Gasteiger partial charge < -0.3 is 10.2 Å². The number of benzene rings is 3. The van der Waals surface area contributed by atoms with Crippen LogP contribution < -0.4 is 5.32 Å². The van der Waals surface area contributed by atoms with Crippen molar-refractivity contribution in [3.05, 3.63) is 77.1 Å². The predicted molar refractivity (Wildman–Crippen MR) is 120 cm³/mol. The van der Waals surface area contributed by atoms with Crippen LogP contribution in [0.25, 0.3) is 16.5 Å². The number of amides is 1. The van der Waals surface area contributed by atoms with Gasteiger partial charge in [0.05, 0.1) is 12.2 Å². The van der Waals surface area contributed by atoms with Crippen LogP contribution in [0.5, 0.6) is 0 Å². The summed E-state index contributed by atoms with van der Waals surface area (Å²) in [6.07, 6.45) is 0. The maximum atomic E-state index is 12.8. The number of likely N-dealkylation sites (N-methyl/N-ethyl adjacent to an activating group) is 1. The number of hydrogen-bond donors (Lipinski definition) is 1. The lowest BCUT2D eigenvalue weighted by atomic mass is 10.1. The fourth-order valence-electron chi connectivity index (χ4n) is 3.57. The van der Waals surface area contributed by atoms with Gasteiger partial charge in [-0.1, -0.05) is 23.7 Å². The van der Waals surface area contributed by atoms with Crippen LogP contribution in [-0.4, -0.2) is 57.0 Å². The smallest absolute Gasteiger partial charge is 0.295 e. The summed E-state index contributed by atoms with van der Waals surface area (Å²) in [5.74, 6) is 0.654. The van der Waals surface area contributed by atoms with E-state index in [9.17, 15) is 4.79 Å². The molecule has 9 heteroatoms. The summed E-state index contributed by atoms with van der Waals surface area (Å²) in [4.78, 5) is 19.5. The molecule has 5 rings (SSSR count). The summed E-state index contributed by atoms with van der Waals surface area (Å²) < 4.78 is 1.42. The number of tetrazole rings is 1. The van der Waals surface area contributed by atoms with Crippen LogP contribution in [0.4, 0.5) is 5.69 Å². The van der Waals surface area contributed by atoms with E-state index in [2.05, 4.69) is 30.7 Å². The molecule has 0 bridgehead atoms. The number of rotatable bonds is 4. The number of carbonyl (C=O) groups excluding carboxylic acids is 1. The van der Waals surface area contributed by atoms with Crippen LogP contribution in [0.3, 0.4) is 0 Å². The maximum Gasteiger partial charge on any atom is 0.295 e. The molecule has 31 heavy (non-hydrogen) atoms. The molecular weight excluding hydrogens is 414 g/mol. The molecule has 154 valence electrons. The highest BCUT2D eigenvalue weighted by Crippen LogP contribution is 2.22. The van der Waals surface area contributed by atoms with Crippen molar-refractivity contribution in [1.82, 2.24) is 25.1 Å².